The predicted molar refractivity (Wildman–Crippen MR) is 97.5 cm³/mol. The number of hydrogen-bond donors (Lipinski definition) is 1. The first-order chi connectivity index (χ1) is 11.3. The first-order valence-electron chi connectivity index (χ1n) is 10.3. The Morgan fingerprint density at radius 3 is 2.50 bits per heavy atom. The van der Waals surface area contributed by atoms with Crippen molar-refractivity contribution in [1.82, 2.24) is 4.90 Å². The summed E-state index contributed by atoms with van der Waals surface area (Å²) in [6, 6.07) is 0.450. The lowest BCUT2D eigenvalue weighted by Crippen LogP contribution is -2.61. The quantitative estimate of drug-likeness (QED) is 0.719. The first-order valence-corrected chi connectivity index (χ1v) is 10.3. The number of aliphatic hydroxyl groups excluding tert-OH is 1. The summed E-state index contributed by atoms with van der Waals surface area (Å²) in [6.07, 6.45) is 8.78. The maximum absolute atomic E-state index is 12.1. The molecule has 1 amide bonds. The van der Waals surface area contributed by atoms with Crippen LogP contribution in [0, 0.1) is 28.6 Å². The van der Waals surface area contributed by atoms with Crippen molar-refractivity contribution in [2.45, 2.75) is 91.2 Å². The molecule has 1 heterocycles. The van der Waals surface area contributed by atoms with Gasteiger partial charge in [0, 0.05) is 19.5 Å². The molecule has 3 nitrogen and oxygen atoms in total. The van der Waals surface area contributed by atoms with Gasteiger partial charge in [-0.1, -0.05) is 27.7 Å². The van der Waals surface area contributed by atoms with Crippen LogP contribution in [0.15, 0.2) is 0 Å². The lowest BCUT2D eigenvalue weighted by molar-refractivity contribution is -0.156. The minimum Gasteiger partial charge on any atom is -0.393 e. The third-order valence-electron chi connectivity index (χ3n) is 8.30. The van der Waals surface area contributed by atoms with Crippen LogP contribution in [0.25, 0.3) is 0 Å². The summed E-state index contributed by atoms with van der Waals surface area (Å²) in [7, 11) is 2.02. The van der Waals surface area contributed by atoms with Gasteiger partial charge in [-0.3, -0.25) is 4.79 Å². The van der Waals surface area contributed by atoms with E-state index in [1.807, 2.05) is 20.9 Å². The van der Waals surface area contributed by atoms with E-state index in [0.29, 0.717) is 28.7 Å². The van der Waals surface area contributed by atoms with E-state index in [1.54, 1.807) is 0 Å². The number of nitrogens with zero attached hydrogens (tertiary/aromatic N) is 1. The molecule has 0 aromatic heterocycles. The van der Waals surface area contributed by atoms with E-state index in [1.165, 1.54) is 25.7 Å². The molecule has 4 aliphatic rings. The van der Waals surface area contributed by atoms with Gasteiger partial charge in [0.1, 0.15) is 0 Å². The van der Waals surface area contributed by atoms with E-state index in [4.69, 9.17) is 0 Å². The van der Waals surface area contributed by atoms with Gasteiger partial charge in [-0.2, -0.15) is 0 Å². The SMILES string of the molecule is CC.CN1C(=O)CC[C@]2(C)C3CCC4(C)C[C@@H](O)CC4C3CCC12. The zero-order chi connectivity index (χ0) is 17.7. The van der Waals surface area contributed by atoms with Crippen molar-refractivity contribution >= 4 is 5.91 Å². The molecule has 0 aromatic rings. The van der Waals surface area contributed by atoms with E-state index in [0.717, 1.165) is 37.5 Å². The molecule has 1 N–H and O–H groups in total. The van der Waals surface area contributed by atoms with Crippen molar-refractivity contribution in [3.8, 4) is 0 Å². The summed E-state index contributed by atoms with van der Waals surface area (Å²) in [5, 5.41) is 10.2. The molecule has 3 heteroatoms. The standard InChI is InChI=1S/C19H31NO2.C2H6/c1-18-8-6-14-13(15(18)10-12(21)11-18)4-5-16-19(14,2)9-7-17(22)20(16)3;1-2/h12-16,21H,4-11H2,1-3H3;1-2H3/t12-,13?,14?,15?,16?,18?,19+;/m0./s1. The fraction of sp³-hybridized carbons (Fsp3) is 0.952. The third-order valence-corrected chi connectivity index (χ3v) is 8.30. The van der Waals surface area contributed by atoms with Crippen LogP contribution in [-0.2, 0) is 4.79 Å². The predicted octanol–water partition coefficient (Wildman–Crippen LogP) is 4.24. The zero-order valence-corrected chi connectivity index (χ0v) is 16.3. The van der Waals surface area contributed by atoms with Gasteiger partial charge in [0.05, 0.1) is 6.10 Å². The number of carbonyl (C=O) groups is 1. The fourth-order valence-corrected chi connectivity index (χ4v) is 7.17. The molecule has 7 atom stereocenters. The van der Waals surface area contributed by atoms with Gasteiger partial charge in [0.15, 0.2) is 0 Å². The number of fused-ring (bicyclic) bond motifs is 5. The van der Waals surface area contributed by atoms with E-state index in [-0.39, 0.29) is 6.10 Å². The molecular weight excluding hydrogens is 298 g/mol. The van der Waals surface area contributed by atoms with Crippen molar-refractivity contribution in [3.05, 3.63) is 0 Å². The van der Waals surface area contributed by atoms with Crippen molar-refractivity contribution in [3.63, 3.8) is 0 Å². The first kappa shape index (κ1) is 18.2. The largest absolute Gasteiger partial charge is 0.393 e. The molecule has 1 aliphatic heterocycles. The normalized spacial score (nSPS) is 50.3. The Balaban J connectivity index is 0.000000815. The third kappa shape index (κ3) is 2.53. The monoisotopic (exact) mass is 335 g/mol. The summed E-state index contributed by atoms with van der Waals surface area (Å²) in [5.74, 6) is 2.59. The minimum absolute atomic E-state index is 0.0742. The summed E-state index contributed by atoms with van der Waals surface area (Å²) in [6.45, 7) is 8.89. The minimum atomic E-state index is -0.0742. The molecule has 1 saturated heterocycles. The second-order valence-corrected chi connectivity index (χ2v) is 9.27. The van der Waals surface area contributed by atoms with Crippen LogP contribution in [0.3, 0.4) is 0 Å². The number of aliphatic hydroxyl groups is 1. The highest BCUT2D eigenvalue weighted by molar-refractivity contribution is 5.77. The van der Waals surface area contributed by atoms with Crippen LogP contribution >= 0.6 is 0 Å². The molecule has 0 bridgehead atoms. The van der Waals surface area contributed by atoms with Gasteiger partial charge >= 0.3 is 0 Å². The maximum Gasteiger partial charge on any atom is 0.222 e. The Morgan fingerprint density at radius 1 is 1.08 bits per heavy atom. The second-order valence-electron chi connectivity index (χ2n) is 9.27. The Labute approximate surface area is 148 Å². The Morgan fingerprint density at radius 2 is 1.79 bits per heavy atom. The van der Waals surface area contributed by atoms with Gasteiger partial charge < -0.3 is 10.0 Å². The lowest BCUT2D eigenvalue weighted by atomic mass is 9.47. The van der Waals surface area contributed by atoms with Crippen LogP contribution < -0.4 is 0 Å². The topological polar surface area (TPSA) is 40.5 Å². The molecule has 3 aliphatic carbocycles. The Hall–Kier alpha value is -0.570. The summed E-state index contributed by atoms with van der Waals surface area (Å²) in [5.41, 5.74) is 0.681. The van der Waals surface area contributed by atoms with Gasteiger partial charge in [-0.05, 0) is 73.5 Å². The van der Waals surface area contributed by atoms with Crippen molar-refractivity contribution in [2.75, 3.05) is 7.05 Å². The number of hydrogen-bond acceptors (Lipinski definition) is 2. The molecule has 4 rings (SSSR count). The van der Waals surface area contributed by atoms with Crippen LogP contribution in [0.5, 0.6) is 0 Å². The molecule has 0 aromatic carbocycles. The molecule has 3 saturated carbocycles. The summed E-state index contributed by atoms with van der Waals surface area (Å²) < 4.78 is 0. The molecule has 24 heavy (non-hydrogen) atoms. The molecule has 0 spiro atoms. The average Bonchev–Trinajstić information content (AvgIpc) is 2.87. The number of carbonyl (C=O) groups excluding carboxylic acids is 1. The van der Waals surface area contributed by atoms with Gasteiger partial charge in [-0.25, -0.2) is 0 Å². The fourth-order valence-electron chi connectivity index (χ4n) is 7.17. The molecular formula is C21H37NO2. The molecule has 0 radical (unpaired) electrons. The van der Waals surface area contributed by atoms with E-state index in [9.17, 15) is 9.90 Å². The van der Waals surface area contributed by atoms with E-state index < -0.39 is 0 Å². The Kier molecular flexibility index (Phi) is 4.79. The highest BCUT2D eigenvalue weighted by Gasteiger charge is 2.60. The van der Waals surface area contributed by atoms with Gasteiger partial charge in [0.2, 0.25) is 5.91 Å². The number of rotatable bonds is 0. The lowest BCUT2D eigenvalue weighted by Gasteiger charge is -2.61. The average molecular weight is 336 g/mol. The van der Waals surface area contributed by atoms with Crippen molar-refractivity contribution in [1.29, 1.82) is 0 Å². The molecule has 4 fully saturated rings. The number of likely N-dealkylation sites (tertiary alicyclic amines) is 1. The summed E-state index contributed by atoms with van der Waals surface area (Å²) >= 11 is 0. The molecule has 138 valence electrons. The van der Waals surface area contributed by atoms with E-state index >= 15 is 0 Å². The highest BCUT2D eigenvalue weighted by Crippen LogP contribution is 2.64. The van der Waals surface area contributed by atoms with Crippen LogP contribution in [0.1, 0.15) is 79.1 Å². The van der Waals surface area contributed by atoms with Crippen LogP contribution in [-0.4, -0.2) is 35.1 Å². The Bertz CT molecular complexity index is 492. The molecule has 5 unspecified atom stereocenters. The van der Waals surface area contributed by atoms with Gasteiger partial charge in [0.25, 0.3) is 0 Å². The van der Waals surface area contributed by atoms with Crippen LogP contribution in [0.2, 0.25) is 0 Å². The smallest absolute Gasteiger partial charge is 0.222 e. The van der Waals surface area contributed by atoms with Crippen molar-refractivity contribution < 1.29 is 9.90 Å². The number of amides is 1. The van der Waals surface area contributed by atoms with Crippen LogP contribution in [0.4, 0.5) is 0 Å². The second kappa shape index (κ2) is 6.30. The van der Waals surface area contributed by atoms with Gasteiger partial charge in [-0.15, -0.1) is 0 Å². The number of piperidine rings is 1. The zero-order valence-electron chi connectivity index (χ0n) is 16.3. The van der Waals surface area contributed by atoms with E-state index in [2.05, 4.69) is 18.7 Å². The maximum atomic E-state index is 12.1. The summed E-state index contributed by atoms with van der Waals surface area (Å²) in [4.78, 5) is 14.2. The highest BCUT2D eigenvalue weighted by atomic mass is 16.3. The van der Waals surface area contributed by atoms with Crippen molar-refractivity contribution in [2.24, 2.45) is 28.6 Å².